The zero-order valence-electron chi connectivity index (χ0n) is 7.59. The molecule has 0 saturated carbocycles. The number of hydrogen-bond acceptors (Lipinski definition) is 2. The molecule has 0 rings (SSSR count). The van der Waals surface area contributed by atoms with Crippen molar-refractivity contribution in [2.45, 2.75) is 38.8 Å². The Balaban J connectivity index is 3.30. The summed E-state index contributed by atoms with van der Waals surface area (Å²) >= 11 is 0. The Morgan fingerprint density at radius 3 is 2.00 bits per heavy atom. The molecule has 0 fully saturated rings. The SMILES string of the molecule is CC(N)CCC(C)N(C)C. The van der Waals surface area contributed by atoms with E-state index in [1.807, 2.05) is 0 Å². The van der Waals surface area contributed by atoms with E-state index in [0.717, 1.165) is 6.42 Å². The van der Waals surface area contributed by atoms with Gasteiger partial charge in [0.1, 0.15) is 0 Å². The molecule has 2 N–H and O–H groups in total. The molecule has 0 bridgehead atoms. The first-order chi connectivity index (χ1) is 4.54. The fourth-order valence-electron chi connectivity index (χ4n) is 0.762. The first kappa shape index (κ1) is 9.92. The first-order valence-electron chi connectivity index (χ1n) is 3.96. The fraction of sp³-hybridized carbons (Fsp3) is 1.00. The molecule has 0 aromatic carbocycles. The summed E-state index contributed by atoms with van der Waals surface area (Å²) in [7, 11) is 4.21. The van der Waals surface area contributed by atoms with Crippen LogP contribution in [0.25, 0.3) is 0 Å². The van der Waals surface area contributed by atoms with Gasteiger partial charge in [0.25, 0.3) is 0 Å². The Kier molecular flexibility index (Phi) is 4.65. The van der Waals surface area contributed by atoms with Crippen molar-refractivity contribution in [3.63, 3.8) is 0 Å². The second-order valence-corrected chi connectivity index (χ2v) is 3.37. The van der Waals surface area contributed by atoms with Gasteiger partial charge in [-0.3, -0.25) is 0 Å². The van der Waals surface area contributed by atoms with E-state index in [9.17, 15) is 0 Å². The minimum atomic E-state index is 0.349. The Morgan fingerprint density at radius 1 is 1.20 bits per heavy atom. The van der Waals surface area contributed by atoms with Crippen molar-refractivity contribution < 1.29 is 0 Å². The summed E-state index contributed by atoms with van der Waals surface area (Å²) in [6.45, 7) is 4.28. The van der Waals surface area contributed by atoms with E-state index in [4.69, 9.17) is 5.73 Å². The lowest BCUT2D eigenvalue weighted by molar-refractivity contribution is 0.289. The van der Waals surface area contributed by atoms with E-state index in [2.05, 4.69) is 32.8 Å². The highest BCUT2D eigenvalue weighted by molar-refractivity contribution is 4.62. The lowest BCUT2D eigenvalue weighted by atomic mass is 10.1. The van der Waals surface area contributed by atoms with Crippen molar-refractivity contribution in [3.05, 3.63) is 0 Å². The van der Waals surface area contributed by atoms with Crippen LogP contribution in [-0.4, -0.2) is 31.1 Å². The van der Waals surface area contributed by atoms with Crippen LogP contribution >= 0.6 is 0 Å². The van der Waals surface area contributed by atoms with Crippen molar-refractivity contribution >= 4 is 0 Å². The Labute approximate surface area is 64.4 Å². The van der Waals surface area contributed by atoms with Crippen LogP contribution in [0.15, 0.2) is 0 Å². The number of nitrogens with zero attached hydrogens (tertiary/aromatic N) is 1. The van der Waals surface area contributed by atoms with Crippen LogP contribution in [0.4, 0.5) is 0 Å². The average Bonchev–Trinajstić information content (AvgIpc) is 1.82. The van der Waals surface area contributed by atoms with Gasteiger partial charge in [0.15, 0.2) is 0 Å². The van der Waals surface area contributed by atoms with E-state index in [1.165, 1.54) is 6.42 Å². The molecule has 0 spiro atoms. The van der Waals surface area contributed by atoms with Gasteiger partial charge in [0, 0.05) is 12.1 Å². The third kappa shape index (κ3) is 4.77. The smallest absolute Gasteiger partial charge is 0.00614 e. The van der Waals surface area contributed by atoms with E-state index in [1.54, 1.807) is 0 Å². The van der Waals surface area contributed by atoms with Gasteiger partial charge in [0.05, 0.1) is 0 Å². The predicted octanol–water partition coefficient (Wildman–Crippen LogP) is 1.06. The van der Waals surface area contributed by atoms with Crippen LogP contribution < -0.4 is 5.73 Å². The largest absolute Gasteiger partial charge is 0.328 e. The van der Waals surface area contributed by atoms with E-state index in [-0.39, 0.29) is 0 Å². The second kappa shape index (κ2) is 4.69. The van der Waals surface area contributed by atoms with Gasteiger partial charge < -0.3 is 10.6 Å². The summed E-state index contributed by atoms with van der Waals surface area (Å²) in [6, 6.07) is 1.01. The molecular weight excluding hydrogens is 124 g/mol. The third-order valence-corrected chi connectivity index (χ3v) is 1.92. The summed E-state index contributed by atoms with van der Waals surface area (Å²) in [5.41, 5.74) is 5.62. The quantitative estimate of drug-likeness (QED) is 0.639. The Morgan fingerprint density at radius 2 is 1.70 bits per heavy atom. The molecule has 0 aromatic heterocycles. The number of nitrogens with two attached hydrogens (primary N) is 1. The van der Waals surface area contributed by atoms with Gasteiger partial charge in [-0.25, -0.2) is 0 Å². The van der Waals surface area contributed by atoms with E-state index >= 15 is 0 Å². The van der Waals surface area contributed by atoms with Crippen molar-refractivity contribution in [1.82, 2.24) is 4.90 Å². The van der Waals surface area contributed by atoms with Gasteiger partial charge in [0.2, 0.25) is 0 Å². The average molecular weight is 144 g/mol. The summed E-state index contributed by atoms with van der Waals surface area (Å²) < 4.78 is 0. The molecule has 2 unspecified atom stereocenters. The summed E-state index contributed by atoms with van der Waals surface area (Å²) in [6.07, 6.45) is 2.32. The lowest BCUT2D eigenvalue weighted by Gasteiger charge is -2.20. The standard InChI is InChI=1S/C8H20N2/c1-7(9)5-6-8(2)10(3)4/h7-8H,5-6,9H2,1-4H3. The normalized spacial score (nSPS) is 17.4. The second-order valence-electron chi connectivity index (χ2n) is 3.37. The maximum Gasteiger partial charge on any atom is 0.00614 e. The summed E-state index contributed by atoms with van der Waals surface area (Å²) in [4.78, 5) is 2.22. The van der Waals surface area contributed by atoms with Crippen LogP contribution in [0.2, 0.25) is 0 Å². The van der Waals surface area contributed by atoms with Crippen LogP contribution in [0, 0.1) is 0 Å². The van der Waals surface area contributed by atoms with Crippen molar-refractivity contribution in [2.75, 3.05) is 14.1 Å². The van der Waals surface area contributed by atoms with Gasteiger partial charge in [-0.15, -0.1) is 0 Å². The van der Waals surface area contributed by atoms with Crippen molar-refractivity contribution in [3.8, 4) is 0 Å². The number of rotatable bonds is 4. The maximum atomic E-state index is 5.62. The molecule has 2 nitrogen and oxygen atoms in total. The molecule has 0 aliphatic heterocycles. The van der Waals surface area contributed by atoms with Crippen LogP contribution in [-0.2, 0) is 0 Å². The maximum absolute atomic E-state index is 5.62. The molecule has 0 aromatic rings. The van der Waals surface area contributed by atoms with Gasteiger partial charge in [-0.05, 0) is 40.8 Å². The topological polar surface area (TPSA) is 29.3 Å². The molecule has 0 amide bonds. The molecule has 10 heavy (non-hydrogen) atoms. The minimum Gasteiger partial charge on any atom is -0.328 e. The monoisotopic (exact) mass is 144 g/mol. The zero-order chi connectivity index (χ0) is 8.15. The highest BCUT2D eigenvalue weighted by Crippen LogP contribution is 2.03. The summed E-state index contributed by atoms with van der Waals surface area (Å²) in [5.74, 6) is 0. The molecule has 0 heterocycles. The fourth-order valence-corrected chi connectivity index (χ4v) is 0.762. The molecule has 0 radical (unpaired) electrons. The van der Waals surface area contributed by atoms with Crippen LogP contribution in [0.1, 0.15) is 26.7 Å². The molecule has 2 heteroatoms. The zero-order valence-corrected chi connectivity index (χ0v) is 7.59. The van der Waals surface area contributed by atoms with Crippen molar-refractivity contribution in [1.29, 1.82) is 0 Å². The van der Waals surface area contributed by atoms with Gasteiger partial charge >= 0.3 is 0 Å². The van der Waals surface area contributed by atoms with Crippen LogP contribution in [0.3, 0.4) is 0 Å². The molecule has 0 aliphatic carbocycles. The Bertz CT molecular complexity index is 79.3. The highest BCUT2D eigenvalue weighted by atomic mass is 15.1. The minimum absolute atomic E-state index is 0.349. The summed E-state index contributed by atoms with van der Waals surface area (Å²) in [5, 5.41) is 0. The molecule has 2 atom stereocenters. The molecule has 0 aliphatic rings. The molecule has 0 saturated heterocycles. The highest BCUT2D eigenvalue weighted by Gasteiger charge is 2.04. The van der Waals surface area contributed by atoms with Gasteiger partial charge in [-0.2, -0.15) is 0 Å². The molecule has 62 valence electrons. The van der Waals surface area contributed by atoms with Crippen molar-refractivity contribution in [2.24, 2.45) is 5.73 Å². The lowest BCUT2D eigenvalue weighted by Crippen LogP contribution is -2.27. The Hall–Kier alpha value is -0.0800. The van der Waals surface area contributed by atoms with E-state index < -0.39 is 0 Å². The predicted molar refractivity (Wildman–Crippen MR) is 46.0 cm³/mol. The third-order valence-electron chi connectivity index (χ3n) is 1.92. The van der Waals surface area contributed by atoms with E-state index in [0.29, 0.717) is 12.1 Å². The van der Waals surface area contributed by atoms with Crippen LogP contribution in [0.5, 0.6) is 0 Å². The molecular formula is C8H20N2. The van der Waals surface area contributed by atoms with Gasteiger partial charge in [-0.1, -0.05) is 0 Å². The first-order valence-corrected chi connectivity index (χ1v) is 3.96. The number of hydrogen-bond donors (Lipinski definition) is 1.